The van der Waals surface area contributed by atoms with Crippen LogP contribution in [0.1, 0.15) is 132 Å². The van der Waals surface area contributed by atoms with Crippen LogP contribution >= 0.6 is 25.3 Å². The molecule has 0 unspecified atom stereocenters. The van der Waals surface area contributed by atoms with E-state index < -0.39 is 249 Å². The molecule has 0 spiro atoms. The van der Waals surface area contributed by atoms with Gasteiger partial charge in [-0.05, 0) is 110 Å². The van der Waals surface area contributed by atoms with Crippen molar-refractivity contribution in [1.82, 2.24) is 89.7 Å². The maximum absolute atomic E-state index is 15.6. The number of carboxylic acids is 1. The van der Waals surface area contributed by atoms with Gasteiger partial charge in [0.2, 0.25) is 100 Å². The monoisotopic (exact) mass is 1910 g/mol. The van der Waals surface area contributed by atoms with E-state index in [1.165, 1.54) is 30.5 Å². The Morgan fingerprint density at radius 3 is 1.35 bits per heavy atom. The first kappa shape index (κ1) is 108. The number of primary amides is 3. The first-order valence-electron chi connectivity index (χ1n) is 44.2. The standard InChI is InChI=1S/C89H123N23O21S2/c1-49(113)101-70(47-134)87(131)105-62(29-31-72(91)115)80(124)111-69(42-76(119)120)86(130)110-68(41-54-44-99-59-22-11-9-20-57(54)59)85(129)104-63(30-32-73(92)116)81(125)112-71(48-135)88(132)108-66(39-52-25-27-55(114)28-26-52)83(127)109-67(40-53-43-98-58-21-10-8-19-56(53)58)84(128)103-61(24-14-34-97-89(94)95)79(123)107-65(38-51-17-6-3-7-18-51)82(126)106-64(37-50-15-4-2-5-16-50)78(122)100-45-74(117)96-35-36-133-46-75(118)102-60(77(93)121)23-12-13-33-90/h2,4-5,8-11,15-16,19-22,25-28,43-44,51,60-71,98-99,114,134-135H,3,6-7,12-14,17-18,23-24,29-42,45-48,90H2,1H3,(H2,91,115)(H2,92,116)(H2,93,121)(H,96,117)(H,100,122)(H,101,113)(H,102,118)(H,103,128)(H,104,129)(H,105,131)(H,106,126)(H,107,123)(H,108,132)(H,109,127)(H,110,130)(H,111,124)(H,112,125)(H,119,120)(H4,94,95,97)/t60-,61+,62+,63+,64+,65+,66+,67+,68+,69+,70+,71+/m1/s1. The van der Waals surface area contributed by atoms with Gasteiger partial charge >= 0.3 is 5.97 Å². The Morgan fingerprint density at radius 1 is 0.437 bits per heavy atom. The fraction of sp³-hybridized carbons (Fsp3) is 0.472. The highest BCUT2D eigenvalue weighted by atomic mass is 32.1. The first-order chi connectivity index (χ1) is 64.5. The minimum atomic E-state index is -2.05. The molecular weight excluding hydrogens is 1790 g/mol. The van der Waals surface area contributed by atoms with Gasteiger partial charge in [-0.15, -0.1) is 0 Å². The van der Waals surface area contributed by atoms with Crippen molar-refractivity contribution >= 4 is 159 Å². The number of phenolic OH excluding ortho intramolecular Hbond substituents is 1. The van der Waals surface area contributed by atoms with E-state index in [0.717, 1.165) is 26.2 Å². The summed E-state index contributed by atoms with van der Waals surface area (Å²) in [5.41, 5.74) is 30.6. The van der Waals surface area contributed by atoms with E-state index >= 15 is 24.0 Å². The maximum Gasteiger partial charge on any atom is 0.305 e. The molecule has 17 amide bonds. The number of thiol groups is 2. The van der Waals surface area contributed by atoms with Crippen LogP contribution in [0.15, 0.2) is 116 Å². The number of amides is 17. The lowest BCUT2D eigenvalue weighted by Crippen LogP contribution is -2.61. The van der Waals surface area contributed by atoms with Crippen molar-refractivity contribution in [1.29, 1.82) is 5.41 Å². The number of carboxylic acid groups (broad SMARTS) is 1. The van der Waals surface area contributed by atoms with Gasteiger partial charge in [0, 0.05) is 104 Å². The summed E-state index contributed by atoms with van der Waals surface area (Å²) in [6.07, 6.45) is 3.74. The van der Waals surface area contributed by atoms with Crippen LogP contribution in [-0.2, 0) is 117 Å². The summed E-state index contributed by atoms with van der Waals surface area (Å²) in [5.74, 6) is -19.2. The van der Waals surface area contributed by atoms with Crippen molar-refractivity contribution in [2.75, 3.05) is 50.9 Å². The molecule has 1 fully saturated rings. The number of rotatable bonds is 59. The quantitative estimate of drug-likeness (QED) is 0.00760. The van der Waals surface area contributed by atoms with Gasteiger partial charge in [0.25, 0.3) is 0 Å². The van der Waals surface area contributed by atoms with Gasteiger partial charge in [-0.25, -0.2) is 0 Å². The molecule has 0 aliphatic heterocycles. The van der Waals surface area contributed by atoms with Crippen molar-refractivity contribution in [3.05, 3.63) is 138 Å². The molecule has 0 radical (unpaired) electrons. The van der Waals surface area contributed by atoms with E-state index in [4.69, 9.17) is 38.8 Å². The third kappa shape index (κ3) is 37.6. The van der Waals surface area contributed by atoms with Crippen molar-refractivity contribution in [2.24, 2.45) is 34.6 Å². The van der Waals surface area contributed by atoms with Crippen molar-refractivity contribution in [3.63, 3.8) is 0 Å². The smallest absolute Gasteiger partial charge is 0.305 e. The van der Waals surface area contributed by atoms with Crippen LogP contribution in [0.3, 0.4) is 0 Å². The highest BCUT2D eigenvalue weighted by Gasteiger charge is 2.39. The number of carbonyl (C=O) groups is 18. The number of unbranched alkanes of at least 4 members (excludes halogenated alkanes) is 1. The number of nitrogens with two attached hydrogens (primary N) is 5. The molecule has 2 aromatic heterocycles. The summed E-state index contributed by atoms with van der Waals surface area (Å²) in [6, 6.07) is 8.77. The number of aromatic hydroxyl groups is 1. The average Bonchev–Trinajstić information content (AvgIpc) is 1.71. The zero-order valence-corrected chi connectivity index (χ0v) is 76.5. The van der Waals surface area contributed by atoms with Gasteiger partial charge < -0.3 is 133 Å². The third-order valence-corrected chi connectivity index (χ3v) is 22.8. The Balaban J connectivity index is 1.15. The molecule has 0 bridgehead atoms. The molecule has 12 atom stereocenters. The van der Waals surface area contributed by atoms with Gasteiger partial charge in [-0.3, -0.25) is 91.7 Å². The van der Waals surface area contributed by atoms with E-state index in [1.807, 2.05) is 0 Å². The topological polar surface area (TPSA) is 723 Å². The number of hydrogen-bond donors (Lipinski definition) is 27. The number of hydrogen-bond acceptors (Lipinski definition) is 24. The lowest BCUT2D eigenvalue weighted by Gasteiger charge is -2.30. The van der Waals surface area contributed by atoms with Crippen LogP contribution in [0.2, 0.25) is 0 Å². The van der Waals surface area contributed by atoms with E-state index in [0.29, 0.717) is 76.3 Å². The molecule has 30 N–H and O–H groups in total. The fourth-order valence-corrected chi connectivity index (χ4v) is 15.5. The number of aromatic amines is 2. The molecule has 46 heteroatoms. The molecule has 1 aliphatic rings. The van der Waals surface area contributed by atoms with E-state index in [-0.39, 0.29) is 75.6 Å². The number of H-pyrrole nitrogens is 2. The molecular formula is C89H123N23O21S2. The van der Waals surface area contributed by atoms with E-state index in [2.05, 4.69) is 115 Å². The number of fused-ring (bicyclic) bond motifs is 2. The van der Waals surface area contributed by atoms with Crippen LogP contribution in [0.4, 0.5) is 0 Å². The molecule has 1 aliphatic carbocycles. The van der Waals surface area contributed by atoms with Gasteiger partial charge in [-0.1, -0.05) is 111 Å². The lowest BCUT2D eigenvalue weighted by molar-refractivity contribution is -0.141. The van der Waals surface area contributed by atoms with E-state index in [9.17, 15) is 72.5 Å². The van der Waals surface area contributed by atoms with Gasteiger partial charge in [0.1, 0.15) is 84.9 Å². The van der Waals surface area contributed by atoms with E-state index in [1.54, 1.807) is 85.1 Å². The second kappa shape index (κ2) is 56.2. The first-order valence-corrected chi connectivity index (χ1v) is 45.5. The molecule has 0 saturated heterocycles. The number of aromatic nitrogens is 2. The van der Waals surface area contributed by atoms with Crippen molar-refractivity contribution in [2.45, 2.75) is 208 Å². The molecule has 1 saturated carbocycles. The minimum Gasteiger partial charge on any atom is -0.508 e. The second-order valence-electron chi connectivity index (χ2n) is 32.7. The predicted octanol–water partition coefficient (Wildman–Crippen LogP) is -3.57. The Labute approximate surface area is 788 Å². The number of aliphatic carboxylic acids is 1. The Hall–Kier alpha value is -13.9. The van der Waals surface area contributed by atoms with Gasteiger partial charge in [0.15, 0.2) is 5.96 Å². The molecule has 44 nitrogen and oxygen atoms in total. The normalized spacial score (nSPS) is 14.5. The molecule has 6 aromatic rings. The number of guanidine groups is 1. The fourth-order valence-electron chi connectivity index (χ4n) is 15.0. The van der Waals surface area contributed by atoms with Crippen LogP contribution in [0.25, 0.3) is 21.8 Å². The van der Waals surface area contributed by atoms with Crippen molar-refractivity contribution < 1.29 is 101 Å². The van der Waals surface area contributed by atoms with Crippen LogP contribution in [-0.4, -0.2) is 256 Å². The molecule has 135 heavy (non-hydrogen) atoms. The largest absolute Gasteiger partial charge is 0.508 e. The van der Waals surface area contributed by atoms with Crippen molar-refractivity contribution in [3.8, 4) is 5.75 Å². The van der Waals surface area contributed by atoms with Gasteiger partial charge in [-0.2, -0.15) is 25.3 Å². The Kier molecular flexibility index (Phi) is 45.0. The molecule has 4 aromatic carbocycles. The Bertz CT molecular complexity index is 5100. The second-order valence-corrected chi connectivity index (χ2v) is 33.4. The zero-order valence-electron chi connectivity index (χ0n) is 74.7. The summed E-state index contributed by atoms with van der Waals surface area (Å²) in [5, 5.41) is 68.1. The summed E-state index contributed by atoms with van der Waals surface area (Å²) < 4.78 is 5.39. The highest BCUT2D eigenvalue weighted by molar-refractivity contribution is 7.80. The number of carbonyl (C=O) groups excluding carboxylic acids is 17. The van der Waals surface area contributed by atoms with Crippen LogP contribution in [0, 0.1) is 11.3 Å². The summed E-state index contributed by atoms with van der Waals surface area (Å²) in [7, 11) is 0. The number of benzene rings is 4. The van der Waals surface area contributed by atoms with Gasteiger partial charge in [0.05, 0.1) is 19.6 Å². The zero-order chi connectivity index (χ0) is 98.6. The predicted molar refractivity (Wildman–Crippen MR) is 501 cm³/mol. The number of ether oxygens (including phenoxy) is 1. The molecule has 2 heterocycles. The summed E-state index contributed by atoms with van der Waals surface area (Å²) >= 11 is 8.49. The number of para-hydroxylation sites is 2. The average molecular weight is 1920 g/mol. The highest BCUT2D eigenvalue weighted by Crippen LogP contribution is 2.29. The lowest BCUT2D eigenvalue weighted by atomic mass is 9.84. The summed E-state index contributed by atoms with van der Waals surface area (Å²) in [6.45, 7) is 0.220. The van der Waals surface area contributed by atoms with Crippen LogP contribution in [0.5, 0.6) is 5.75 Å². The third-order valence-electron chi connectivity index (χ3n) is 22.1. The minimum absolute atomic E-state index is 0.00334. The molecule has 7 rings (SSSR count). The molecule has 732 valence electrons. The number of nitrogens with one attached hydrogen (secondary N) is 18. The SMILES string of the molecule is CC(=O)N[C@@H](CS)C(=O)N[C@@H](CCC(N)=O)C(=O)N[C@@H](CC(=O)O)C(=O)N[C@@H](Cc1c[nH]c2ccccc12)C(=O)N[C@@H](CCC(N)=O)C(=O)N[C@@H](CS)C(=O)N[C@@H](Cc1ccc(O)cc1)C(=O)N[C@@H](Cc1c[nH]c2ccccc12)C(=O)N[C@@H](CCCNC(=N)N)C(=O)N[C@@H](CC1CCCCC1)C(=O)N[C@@H](Cc1ccccc1)C(=O)NCC(=O)NCCOCC(=O)N[C@H](CCCCN)C(N)=O. The number of phenols is 1. The summed E-state index contributed by atoms with van der Waals surface area (Å²) in [4.78, 5) is 255. The maximum atomic E-state index is 15.6. The Morgan fingerprint density at radius 2 is 0.859 bits per heavy atom. The van der Waals surface area contributed by atoms with Crippen LogP contribution < -0.4 is 108 Å².